The fourth-order valence-electron chi connectivity index (χ4n) is 0.886. The molecule has 0 nitrogen and oxygen atoms in total. The van der Waals surface area contributed by atoms with Gasteiger partial charge in [0.2, 0.25) is 0 Å². The SMILES string of the molecule is CCCCC1SSC(C)S1. The van der Waals surface area contributed by atoms with Gasteiger partial charge in [-0.05, 0) is 13.3 Å². The minimum absolute atomic E-state index is 0.826. The molecule has 1 saturated heterocycles. The Morgan fingerprint density at radius 3 is 2.60 bits per heavy atom. The summed E-state index contributed by atoms with van der Waals surface area (Å²) in [6, 6.07) is 0. The van der Waals surface area contributed by atoms with Gasteiger partial charge >= 0.3 is 0 Å². The van der Waals surface area contributed by atoms with Gasteiger partial charge in [0.05, 0.1) is 9.16 Å². The van der Waals surface area contributed by atoms with Crippen molar-refractivity contribution in [2.24, 2.45) is 0 Å². The number of rotatable bonds is 3. The first-order valence-corrected chi connectivity index (χ1v) is 7.02. The lowest BCUT2D eigenvalue weighted by Gasteiger charge is -2.04. The second kappa shape index (κ2) is 4.83. The Morgan fingerprint density at radius 1 is 1.30 bits per heavy atom. The highest BCUT2D eigenvalue weighted by atomic mass is 33.1. The molecule has 1 rings (SSSR count). The van der Waals surface area contributed by atoms with Crippen LogP contribution in [0.25, 0.3) is 0 Å². The van der Waals surface area contributed by atoms with E-state index in [1.807, 2.05) is 10.8 Å². The van der Waals surface area contributed by atoms with Gasteiger partial charge in [0.15, 0.2) is 0 Å². The van der Waals surface area contributed by atoms with Crippen LogP contribution >= 0.6 is 33.3 Å². The van der Waals surface area contributed by atoms with Gasteiger partial charge in [0.25, 0.3) is 0 Å². The normalized spacial score (nSPS) is 33.0. The molecule has 0 amide bonds. The highest BCUT2D eigenvalue weighted by Crippen LogP contribution is 2.52. The molecular formula is C7H14S3. The minimum atomic E-state index is 0.826. The third-order valence-corrected chi connectivity index (χ3v) is 7.06. The van der Waals surface area contributed by atoms with Crippen molar-refractivity contribution in [3.8, 4) is 0 Å². The maximum Gasteiger partial charge on any atom is 0.0617 e. The first-order chi connectivity index (χ1) is 4.83. The van der Waals surface area contributed by atoms with E-state index in [1.54, 1.807) is 0 Å². The van der Waals surface area contributed by atoms with Crippen LogP contribution in [0.2, 0.25) is 0 Å². The maximum absolute atomic E-state index is 2.30. The lowest BCUT2D eigenvalue weighted by Crippen LogP contribution is -1.91. The second-order valence-electron chi connectivity index (χ2n) is 2.47. The Morgan fingerprint density at radius 2 is 2.10 bits per heavy atom. The van der Waals surface area contributed by atoms with Crippen molar-refractivity contribution in [1.82, 2.24) is 0 Å². The molecule has 0 radical (unpaired) electrons. The van der Waals surface area contributed by atoms with Gasteiger partial charge < -0.3 is 0 Å². The molecule has 0 bridgehead atoms. The average molecular weight is 194 g/mol. The molecule has 60 valence electrons. The second-order valence-corrected chi connectivity index (χ2v) is 7.43. The van der Waals surface area contributed by atoms with Crippen molar-refractivity contribution in [2.45, 2.75) is 42.3 Å². The zero-order valence-corrected chi connectivity index (χ0v) is 8.95. The van der Waals surface area contributed by atoms with E-state index in [1.165, 1.54) is 19.3 Å². The van der Waals surface area contributed by atoms with Crippen LogP contribution in [0.3, 0.4) is 0 Å². The first-order valence-electron chi connectivity index (χ1n) is 3.80. The summed E-state index contributed by atoms with van der Waals surface area (Å²) in [5.74, 6) is 0. The molecule has 0 aliphatic carbocycles. The summed E-state index contributed by atoms with van der Waals surface area (Å²) in [4.78, 5) is 0. The van der Waals surface area contributed by atoms with Crippen LogP contribution in [0.1, 0.15) is 33.1 Å². The van der Waals surface area contributed by atoms with Gasteiger partial charge in [0, 0.05) is 0 Å². The maximum atomic E-state index is 2.30. The van der Waals surface area contributed by atoms with Gasteiger partial charge in [-0.3, -0.25) is 0 Å². The lowest BCUT2D eigenvalue weighted by molar-refractivity contribution is 0.764. The van der Waals surface area contributed by atoms with Gasteiger partial charge in [-0.25, -0.2) is 0 Å². The summed E-state index contributed by atoms with van der Waals surface area (Å²) in [7, 11) is 4.11. The predicted molar refractivity (Wildman–Crippen MR) is 55.5 cm³/mol. The van der Waals surface area contributed by atoms with Crippen LogP contribution in [-0.2, 0) is 0 Å². The standard InChI is InChI=1S/C7H14S3/c1-3-4-5-7-8-6(2)9-10-7/h6-7H,3-5H2,1-2H3. The number of hydrogen-bond acceptors (Lipinski definition) is 3. The summed E-state index contributed by atoms with van der Waals surface area (Å²) in [5, 5.41) is 0. The first kappa shape index (κ1) is 9.14. The molecule has 1 aliphatic rings. The van der Waals surface area contributed by atoms with E-state index in [0.717, 1.165) is 9.16 Å². The molecule has 2 unspecified atom stereocenters. The molecule has 1 fully saturated rings. The molecule has 1 heterocycles. The van der Waals surface area contributed by atoms with E-state index < -0.39 is 0 Å². The molecule has 0 aromatic rings. The largest absolute Gasteiger partial charge is 0.132 e. The van der Waals surface area contributed by atoms with Gasteiger partial charge in [0.1, 0.15) is 0 Å². The zero-order chi connectivity index (χ0) is 7.40. The van der Waals surface area contributed by atoms with Crippen LogP contribution in [-0.4, -0.2) is 9.16 Å². The van der Waals surface area contributed by atoms with Gasteiger partial charge in [-0.2, -0.15) is 0 Å². The highest BCUT2D eigenvalue weighted by Gasteiger charge is 2.22. The van der Waals surface area contributed by atoms with E-state index in [4.69, 9.17) is 0 Å². The van der Waals surface area contributed by atoms with Crippen LogP contribution in [0.4, 0.5) is 0 Å². The molecule has 0 saturated carbocycles. The highest BCUT2D eigenvalue weighted by molar-refractivity contribution is 8.82. The quantitative estimate of drug-likeness (QED) is 0.624. The third kappa shape index (κ3) is 2.97. The van der Waals surface area contributed by atoms with Crippen molar-refractivity contribution >= 4 is 33.3 Å². The number of unbranched alkanes of at least 4 members (excludes halogenated alkanes) is 1. The number of hydrogen-bond donors (Lipinski definition) is 0. The van der Waals surface area contributed by atoms with Gasteiger partial charge in [-0.1, -0.05) is 41.4 Å². The number of thioether (sulfide) groups is 1. The summed E-state index contributed by atoms with van der Waals surface area (Å²) in [5.41, 5.74) is 0. The van der Waals surface area contributed by atoms with Crippen molar-refractivity contribution in [1.29, 1.82) is 0 Å². The Hall–Kier alpha value is 1.05. The molecule has 2 atom stereocenters. The van der Waals surface area contributed by atoms with E-state index in [2.05, 4.69) is 36.4 Å². The molecule has 0 N–H and O–H groups in total. The summed E-state index contributed by atoms with van der Waals surface area (Å²) < 4.78 is 1.71. The summed E-state index contributed by atoms with van der Waals surface area (Å²) >= 11 is 2.13. The Bertz CT molecular complexity index is 94.9. The van der Waals surface area contributed by atoms with Crippen molar-refractivity contribution in [3.05, 3.63) is 0 Å². The topological polar surface area (TPSA) is 0 Å². The van der Waals surface area contributed by atoms with E-state index in [9.17, 15) is 0 Å². The van der Waals surface area contributed by atoms with Crippen LogP contribution in [0, 0.1) is 0 Å². The molecule has 1 aliphatic heterocycles. The van der Waals surface area contributed by atoms with Crippen molar-refractivity contribution in [3.63, 3.8) is 0 Å². The van der Waals surface area contributed by atoms with Crippen LogP contribution in [0.15, 0.2) is 0 Å². The lowest BCUT2D eigenvalue weighted by atomic mass is 10.3. The summed E-state index contributed by atoms with van der Waals surface area (Å²) in [6.07, 6.45) is 4.15. The molecule has 0 aromatic carbocycles. The molecule has 10 heavy (non-hydrogen) atoms. The fraction of sp³-hybridized carbons (Fsp3) is 1.00. The molecule has 0 spiro atoms. The van der Waals surface area contributed by atoms with Crippen molar-refractivity contribution < 1.29 is 0 Å². The Kier molecular flexibility index (Phi) is 4.42. The van der Waals surface area contributed by atoms with Gasteiger partial charge in [-0.15, -0.1) is 11.8 Å². The minimum Gasteiger partial charge on any atom is -0.132 e. The van der Waals surface area contributed by atoms with E-state index in [-0.39, 0.29) is 0 Å². The van der Waals surface area contributed by atoms with E-state index in [0.29, 0.717) is 0 Å². The molecule has 0 aromatic heterocycles. The van der Waals surface area contributed by atoms with Crippen LogP contribution in [0.5, 0.6) is 0 Å². The zero-order valence-electron chi connectivity index (χ0n) is 6.50. The molecule has 3 heteroatoms. The summed E-state index contributed by atoms with van der Waals surface area (Å²) in [6.45, 7) is 4.56. The van der Waals surface area contributed by atoms with Crippen LogP contribution < -0.4 is 0 Å². The van der Waals surface area contributed by atoms with E-state index >= 15 is 0 Å². The van der Waals surface area contributed by atoms with Crippen molar-refractivity contribution in [2.75, 3.05) is 0 Å². The fourth-order valence-corrected chi connectivity index (χ4v) is 6.40. The Labute approximate surface area is 75.7 Å². The third-order valence-electron chi connectivity index (χ3n) is 1.44. The predicted octanol–water partition coefficient (Wildman–Crippen LogP) is 3.98. The molecular weight excluding hydrogens is 180 g/mol. The average Bonchev–Trinajstić information content (AvgIpc) is 2.31. The monoisotopic (exact) mass is 194 g/mol. The Balaban J connectivity index is 2.06. The smallest absolute Gasteiger partial charge is 0.0617 e.